The third-order valence-corrected chi connectivity index (χ3v) is 3.92. The first-order valence-corrected chi connectivity index (χ1v) is 6.50. The molecule has 1 saturated heterocycles. The highest BCUT2D eigenvalue weighted by Crippen LogP contribution is 2.16. The molecule has 1 amide bonds. The average Bonchev–Trinajstić information content (AvgIpc) is 2.82. The number of amides is 1. The predicted molar refractivity (Wildman–Crippen MR) is 65.8 cm³/mol. The Hall–Kier alpha value is -0.980. The lowest BCUT2D eigenvalue weighted by Crippen LogP contribution is -2.39. The second-order valence-corrected chi connectivity index (χ2v) is 5.60. The lowest BCUT2D eigenvalue weighted by atomic mass is 10.2. The molecule has 1 fully saturated rings. The zero-order valence-electron chi connectivity index (χ0n) is 9.99. The molecule has 3 N–H and O–H groups in total. The monoisotopic (exact) mass is 255 g/mol. The topological polar surface area (TPSA) is 74.2 Å². The van der Waals surface area contributed by atoms with Gasteiger partial charge in [0.15, 0.2) is 0 Å². The molecule has 0 saturated carbocycles. The first-order valence-electron chi connectivity index (χ1n) is 5.68. The van der Waals surface area contributed by atoms with Crippen LogP contribution in [0.15, 0.2) is 0 Å². The van der Waals surface area contributed by atoms with E-state index in [4.69, 9.17) is 0 Å². The number of rotatable bonds is 3. The number of nitrogens with one attached hydrogen (secondary N) is 2. The Morgan fingerprint density at radius 2 is 2.41 bits per heavy atom. The van der Waals surface area contributed by atoms with Crippen molar-refractivity contribution in [1.29, 1.82) is 0 Å². The standard InChI is InChI=1S/C11H17N3O2S/c1-6-10(17-7(2)14-6)5-13-11(16)9-3-8(15)4-12-9/h8-9,12,15H,3-5H2,1-2H3,(H,13,16). The molecule has 0 aromatic carbocycles. The van der Waals surface area contributed by atoms with Crippen molar-refractivity contribution < 1.29 is 9.90 Å². The average molecular weight is 255 g/mol. The SMILES string of the molecule is Cc1nc(C)c(CNC(=O)C2CC(O)CN2)s1. The number of aromatic nitrogens is 1. The molecule has 0 spiro atoms. The highest BCUT2D eigenvalue weighted by molar-refractivity contribution is 7.11. The normalized spacial score (nSPS) is 23.9. The largest absolute Gasteiger partial charge is 0.392 e. The van der Waals surface area contributed by atoms with Crippen molar-refractivity contribution in [2.45, 2.75) is 39.0 Å². The Balaban J connectivity index is 1.86. The molecule has 0 bridgehead atoms. The summed E-state index contributed by atoms with van der Waals surface area (Å²) in [6.45, 7) is 4.92. The van der Waals surface area contributed by atoms with Gasteiger partial charge in [0.1, 0.15) is 0 Å². The van der Waals surface area contributed by atoms with E-state index in [-0.39, 0.29) is 11.9 Å². The van der Waals surface area contributed by atoms with Gasteiger partial charge in [-0.3, -0.25) is 4.79 Å². The first kappa shape index (κ1) is 12.5. The van der Waals surface area contributed by atoms with E-state index in [1.165, 1.54) is 0 Å². The van der Waals surface area contributed by atoms with Gasteiger partial charge in [0.05, 0.1) is 29.4 Å². The fourth-order valence-corrected chi connectivity index (χ4v) is 2.82. The minimum absolute atomic E-state index is 0.0491. The van der Waals surface area contributed by atoms with E-state index in [2.05, 4.69) is 15.6 Å². The third kappa shape index (κ3) is 3.02. The number of β-amino-alcohol motifs (C(OH)–C–C–N with tert-alkyl or cyclic N) is 1. The molecule has 0 radical (unpaired) electrons. The Bertz CT molecular complexity index is 419. The summed E-state index contributed by atoms with van der Waals surface area (Å²) in [7, 11) is 0. The van der Waals surface area contributed by atoms with Crippen molar-refractivity contribution in [2.75, 3.05) is 6.54 Å². The van der Waals surface area contributed by atoms with E-state index in [0.29, 0.717) is 19.5 Å². The van der Waals surface area contributed by atoms with Crippen LogP contribution in [0, 0.1) is 13.8 Å². The summed E-state index contributed by atoms with van der Waals surface area (Å²) >= 11 is 1.60. The molecule has 17 heavy (non-hydrogen) atoms. The van der Waals surface area contributed by atoms with Crippen molar-refractivity contribution in [2.24, 2.45) is 0 Å². The van der Waals surface area contributed by atoms with Crippen LogP contribution in [0.4, 0.5) is 0 Å². The second-order valence-electron chi connectivity index (χ2n) is 4.31. The molecule has 2 heterocycles. The van der Waals surface area contributed by atoms with Crippen LogP contribution < -0.4 is 10.6 Å². The van der Waals surface area contributed by atoms with Crippen molar-refractivity contribution in [3.8, 4) is 0 Å². The maximum atomic E-state index is 11.8. The molecule has 1 aromatic heterocycles. The van der Waals surface area contributed by atoms with Crippen LogP contribution in [0.3, 0.4) is 0 Å². The molecule has 0 aliphatic carbocycles. The number of hydrogen-bond acceptors (Lipinski definition) is 5. The minimum atomic E-state index is -0.405. The number of thiazole rings is 1. The van der Waals surface area contributed by atoms with Crippen molar-refractivity contribution >= 4 is 17.2 Å². The van der Waals surface area contributed by atoms with Gasteiger partial charge in [0.25, 0.3) is 0 Å². The van der Waals surface area contributed by atoms with Crippen molar-refractivity contribution in [3.63, 3.8) is 0 Å². The Labute approximate surface area is 104 Å². The lowest BCUT2D eigenvalue weighted by Gasteiger charge is -2.10. The summed E-state index contributed by atoms with van der Waals surface area (Å²) in [5.74, 6) is -0.0491. The van der Waals surface area contributed by atoms with Crippen LogP contribution in [0.5, 0.6) is 0 Å². The van der Waals surface area contributed by atoms with Crippen LogP contribution in [-0.2, 0) is 11.3 Å². The third-order valence-electron chi connectivity index (χ3n) is 2.85. The van der Waals surface area contributed by atoms with Gasteiger partial charge in [-0.05, 0) is 20.3 Å². The summed E-state index contributed by atoms with van der Waals surface area (Å²) in [4.78, 5) is 17.2. The maximum Gasteiger partial charge on any atom is 0.237 e. The molecule has 6 heteroatoms. The van der Waals surface area contributed by atoms with Crippen LogP contribution in [0.1, 0.15) is 22.0 Å². The Kier molecular flexibility index (Phi) is 3.76. The van der Waals surface area contributed by atoms with Crippen molar-refractivity contribution in [1.82, 2.24) is 15.6 Å². The molecule has 1 aliphatic heterocycles. The Morgan fingerprint density at radius 1 is 1.65 bits per heavy atom. The lowest BCUT2D eigenvalue weighted by molar-refractivity contribution is -0.123. The molecule has 1 aliphatic rings. The zero-order chi connectivity index (χ0) is 12.4. The van der Waals surface area contributed by atoms with E-state index in [9.17, 15) is 9.90 Å². The van der Waals surface area contributed by atoms with E-state index >= 15 is 0 Å². The molecule has 2 unspecified atom stereocenters. The quantitative estimate of drug-likeness (QED) is 0.716. The molecular weight excluding hydrogens is 238 g/mol. The van der Waals surface area contributed by atoms with Gasteiger partial charge in [-0.2, -0.15) is 0 Å². The van der Waals surface area contributed by atoms with Gasteiger partial charge in [-0.25, -0.2) is 4.98 Å². The van der Waals surface area contributed by atoms with Crippen LogP contribution in [0.25, 0.3) is 0 Å². The number of carbonyl (C=O) groups is 1. The zero-order valence-corrected chi connectivity index (χ0v) is 10.8. The Morgan fingerprint density at radius 3 is 2.94 bits per heavy atom. The van der Waals surface area contributed by atoms with Crippen LogP contribution in [-0.4, -0.2) is 34.7 Å². The van der Waals surface area contributed by atoms with Gasteiger partial charge in [-0.1, -0.05) is 0 Å². The molecule has 94 valence electrons. The predicted octanol–water partition coefficient (Wildman–Crippen LogP) is 0.0989. The van der Waals surface area contributed by atoms with E-state index in [1.54, 1.807) is 11.3 Å². The number of aliphatic hydroxyl groups excluding tert-OH is 1. The minimum Gasteiger partial charge on any atom is -0.392 e. The van der Waals surface area contributed by atoms with Crippen molar-refractivity contribution in [3.05, 3.63) is 15.6 Å². The number of carbonyl (C=O) groups excluding carboxylic acids is 1. The fraction of sp³-hybridized carbons (Fsp3) is 0.636. The number of nitrogens with zero attached hydrogens (tertiary/aromatic N) is 1. The molecule has 1 aromatic rings. The molecular formula is C11H17N3O2S. The summed E-state index contributed by atoms with van der Waals surface area (Å²) in [6, 6.07) is -0.265. The van der Waals surface area contributed by atoms with Crippen LogP contribution >= 0.6 is 11.3 Å². The van der Waals surface area contributed by atoms with E-state index in [0.717, 1.165) is 15.6 Å². The van der Waals surface area contributed by atoms with E-state index < -0.39 is 6.10 Å². The smallest absolute Gasteiger partial charge is 0.237 e. The second kappa shape index (κ2) is 5.12. The highest BCUT2D eigenvalue weighted by Gasteiger charge is 2.27. The van der Waals surface area contributed by atoms with E-state index in [1.807, 2.05) is 13.8 Å². The van der Waals surface area contributed by atoms with Gasteiger partial charge in [0, 0.05) is 11.4 Å². The van der Waals surface area contributed by atoms with Gasteiger partial charge in [-0.15, -0.1) is 11.3 Å². The van der Waals surface area contributed by atoms with Gasteiger partial charge < -0.3 is 15.7 Å². The maximum absolute atomic E-state index is 11.8. The highest BCUT2D eigenvalue weighted by atomic mass is 32.1. The fourth-order valence-electron chi connectivity index (χ4n) is 1.94. The summed E-state index contributed by atoms with van der Waals surface area (Å²) in [5.41, 5.74) is 0.979. The van der Waals surface area contributed by atoms with Crippen LogP contribution in [0.2, 0.25) is 0 Å². The summed E-state index contributed by atoms with van der Waals surface area (Å²) in [6.07, 6.45) is 0.0881. The molecule has 2 atom stereocenters. The molecule has 2 rings (SSSR count). The number of aryl methyl sites for hydroxylation is 2. The number of aliphatic hydroxyl groups is 1. The van der Waals surface area contributed by atoms with Gasteiger partial charge >= 0.3 is 0 Å². The summed E-state index contributed by atoms with van der Waals surface area (Å²) < 4.78 is 0. The number of hydrogen-bond donors (Lipinski definition) is 3. The van der Waals surface area contributed by atoms with Gasteiger partial charge in [0.2, 0.25) is 5.91 Å². The molecule has 5 nitrogen and oxygen atoms in total. The summed E-state index contributed by atoms with van der Waals surface area (Å²) in [5, 5.41) is 16.2. The first-order chi connectivity index (χ1) is 8.06.